The van der Waals surface area contributed by atoms with Crippen LogP contribution in [-0.2, 0) is 16.0 Å². The minimum absolute atomic E-state index is 0.368. The van der Waals surface area contributed by atoms with Crippen LogP contribution < -0.4 is 15.5 Å². The molecule has 0 saturated carbocycles. The number of esters is 1. The van der Waals surface area contributed by atoms with Gasteiger partial charge in [-0.05, 0) is 78.2 Å². The fraction of sp³-hybridized carbons (Fsp3) is 0.0833. The molecule has 0 saturated heterocycles. The molecule has 0 aromatic heterocycles. The van der Waals surface area contributed by atoms with E-state index in [4.69, 9.17) is 4.74 Å². The lowest BCUT2D eigenvalue weighted by atomic mass is 10.1. The summed E-state index contributed by atoms with van der Waals surface area (Å²) in [5, 5.41) is 6.29. The quantitative estimate of drug-likeness (QED) is 0.175. The number of anilines is 1. The second-order valence-corrected chi connectivity index (χ2v) is 7.58. The topological polar surface area (TPSA) is 96.9 Å². The normalized spacial score (nSPS) is 10.6. The first-order chi connectivity index (χ1) is 15.4. The van der Waals surface area contributed by atoms with Gasteiger partial charge in [-0.1, -0.05) is 35.0 Å². The van der Waals surface area contributed by atoms with E-state index >= 15 is 0 Å². The predicted octanol–water partition coefficient (Wildman–Crippen LogP) is 4.32. The second-order valence-electron chi connectivity index (χ2n) is 6.67. The Morgan fingerprint density at radius 1 is 0.906 bits per heavy atom. The Balaban J connectivity index is 1.49. The monoisotopic (exact) mass is 493 g/mol. The van der Waals surface area contributed by atoms with Gasteiger partial charge in [0.05, 0.1) is 11.8 Å². The highest BCUT2D eigenvalue weighted by molar-refractivity contribution is 9.10. The Hall–Kier alpha value is -3.78. The second kappa shape index (κ2) is 11.0. The number of nitrogens with one attached hydrogen (secondary N) is 2. The van der Waals surface area contributed by atoms with E-state index in [1.54, 1.807) is 60.7 Å². The molecule has 0 fully saturated rings. The van der Waals surface area contributed by atoms with Crippen LogP contribution in [0.25, 0.3) is 0 Å². The molecule has 3 aromatic rings. The summed E-state index contributed by atoms with van der Waals surface area (Å²) in [6, 6.07) is 20.6. The Morgan fingerprint density at radius 2 is 1.56 bits per heavy atom. The number of rotatable bonds is 6. The van der Waals surface area contributed by atoms with Gasteiger partial charge < -0.3 is 10.1 Å². The van der Waals surface area contributed by atoms with E-state index in [9.17, 15) is 14.4 Å². The van der Waals surface area contributed by atoms with Crippen molar-refractivity contribution in [2.24, 2.45) is 5.10 Å². The van der Waals surface area contributed by atoms with Gasteiger partial charge >= 0.3 is 17.8 Å². The number of benzene rings is 3. The maximum absolute atomic E-state index is 12.1. The number of nitrogens with zero attached hydrogens (tertiary/aromatic N) is 1. The summed E-state index contributed by atoms with van der Waals surface area (Å²) in [5.41, 5.74) is 4.91. The Bertz CT molecular complexity index is 1130. The van der Waals surface area contributed by atoms with Crippen LogP contribution in [0.3, 0.4) is 0 Å². The number of halogens is 1. The number of amides is 2. The first kappa shape index (κ1) is 22.9. The van der Waals surface area contributed by atoms with Crippen molar-refractivity contribution in [3.05, 3.63) is 94.0 Å². The van der Waals surface area contributed by atoms with E-state index in [-0.39, 0.29) is 0 Å². The molecule has 7 nitrogen and oxygen atoms in total. The summed E-state index contributed by atoms with van der Waals surface area (Å²) < 4.78 is 6.19. The lowest BCUT2D eigenvalue weighted by Crippen LogP contribution is -2.32. The highest BCUT2D eigenvalue weighted by atomic mass is 79.9. The molecule has 0 aliphatic carbocycles. The number of ether oxygens (including phenoxy) is 1. The lowest BCUT2D eigenvalue weighted by Gasteiger charge is -2.05. The summed E-state index contributed by atoms with van der Waals surface area (Å²) >= 11 is 3.31. The molecule has 0 spiro atoms. The van der Waals surface area contributed by atoms with Gasteiger partial charge in [0, 0.05) is 10.2 Å². The zero-order valence-corrected chi connectivity index (χ0v) is 18.8. The maximum Gasteiger partial charge on any atom is 0.343 e. The van der Waals surface area contributed by atoms with Crippen molar-refractivity contribution in [2.45, 2.75) is 13.3 Å². The van der Waals surface area contributed by atoms with Gasteiger partial charge in [0.15, 0.2) is 0 Å². The van der Waals surface area contributed by atoms with Crippen LogP contribution in [-0.4, -0.2) is 24.0 Å². The van der Waals surface area contributed by atoms with Crippen LogP contribution in [0.4, 0.5) is 5.69 Å². The van der Waals surface area contributed by atoms with Gasteiger partial charge in [-0.3, -0.25) is 9.59 Å². The highest BCUT2D eigenvalue weighted by Crippen LogP contribution is 2.16. The minimum atomic E-state index is -0.888. The van der Waals surface area contributed by atoms with Crippen LogP contribution in [0, 0.1) is 0 Å². The molecular formula is C24H20BrN3O4. The fourth-order valence-corrected chi connectivity index (χ4v) is 2.87. The first-order valence-electron chi connectivity index (χ1n) is 9.75. The Kier molecular flexibility index (Phi) is 7.88. The fourth-order valence-electron chi connectivity index (χ4n) is 2.60. The average Bonchev–Trinajstić information content (AvgIpc) is 2.81. The third-order valence-electron chi connectivity index (χ3n) is 4.38. The largest absolute Gasteiger partial charge is 0.423 e. The molecule has 2 N–H and O–H groups in total. The van der Waals surface area contributed by atoms with Crippen molar-refractivity contribution in [3.8, 4) is 5.75 Å². The van der Waals surface area contributed by atoms with Crippen molar-refractivity contribution in [3.63, 3.8) is 0 Å². The molecule has 8 heteroatoms. The minimum Gasteiger partial charge on any atom is -0.423 e. The van der Waals surface area contributed by atoms with Gasteiger partial charge in [-0.2, -0.15) is 5.10 Å². The number of hydrogen-bond acceptors (Lipinski definition) is 5. The zero-order chi connectivity index (χ0) is 22.9. The average molecular weight is 494 g/mol. The van der Waals surface area contributed by atoms with Gasteiger partial charge in [0.1, 0.15) is 5.75 Å². The molecule has 32 heavy (non-hydrogen) atoms. The summed E-state index contributed by atoms with van der Waals surface area (Å²) in [4.78, 5) is 36.0. The lowest BCUT2D eigenvalue weighted by molar-refractivity contribution is -0.136. The molecule has 0 bridgehead atoms. The molecule has 2 amide bonds. The third-order valence-corrected chi connectivity index (χ3v) is 4.91. The number of carbonyl (C=O) groups excluding carboxylic acids is 3. The number of hydrazone groups is 1. The van der Waals surface area contributed by atoms with Crippen molar-refractivity contribution in [1.82, 2.24) is 5.43 Å². The molecule has 3 rings (SSSR count). The number of carbonyl (C=O) groups is 3. The van der Waals surface area contributed by atoms with Crippen LogP contribution in [0.15, 0.2) is 82.4 Å². The highest BCUT2D eigenvalue weighted by Gasteiger charge is 2.13. The Labute approximate surface area is 193 Å². The summed E-state index contributed by atoms with van der Waals surface area (Å²) in [6.45, 7) is 2.03. The molecule has 0 aliphatic rings. The van der Waals surface area contributed by atoms with E-state index in [2.05, 4.69) is 31.8 Å². The van der Waals surface area contributed by atoms with Gasteiger partial charge in [0.2, 0.25) is 0 Å². The number of aryl methyl sites for hydroxylation is 1. The van der Waals surface area contributed by atoms with Crippen molar-refractivity contribution in [2.75, 3.05) is 5.32 Å². The van der Waals surface area contributed by atoms with Gasteiger partial charge in [-0.15, -0.1) is 0 Å². The molecule has 162 valence electrons. The number of hydrogen-bond donors (Lipinski definition) is 2. The van der Waals surface area contributed by atoms with Crippen molar-refractivity contribution in [1.29, 1.82) is 0 Å². The standard InChI is InChI=1S/C24H20BrN3O4/c1-2-16-3-11-20(12-4-16)27-22(29)23(30)28-26-15-17-5-13-21(14-6-17)32-24(31)18-7-9-19(25)10-8-18/h3-15H,2H2,1H3,(H,27,29)(H,28,30)/b26-15-. The van der Waals surface area contributed by atoms with E-state index in [0.29, 0.717) is 22.6 Å². The molecule has 0 atom stereocenters. The van der Waals surface area contributed by atoms with Crippen LogP contribution >= 0.6 is 15.9 Å². The van der Waals surface area contributed by atoms with Crippen LogP contribution in [0.2, 0.25) is 0 Å². The summed E-state index contributed by atoms with van der Waals surface area (Å²) in [6.07, 6.45) is 2.26. The maximum atomic E-state index is 12.1. The van der Waals surface area contributed by atoms with Crippen molar-refractivity contribution < 1.29 is 19.1 Å². The van der Waals surface area contributed by atoms with E-state index < -0.39 is 17.8 Å². The molecule has 0 radical (unpaired) electrons. The van der Waals surface area contributed by atoms with Crippen LogP contribution in [0.5, 0.6) is 5.75 Å². The molecule has 0 aliphatic heterocycles. The van der Waals surface area contributed by atoms with E-state index in [1.807, 2.05) is 19.1 Å². The molecule has 0 unspecified atom stereocenters. The predicted molar refractivity (Wildman–Crippen MR) is 126 cm³/mol. The van der Waals surface area contributed by atoms with E-state index in [1.165, 1.54) is 6.21 Å². The Morgan fingerprint density at radius 3 is 2.19 bits per heavy atom. The third kappa shape index (κ3) is 6.61. The molecule has 0 heterocycles. The molecule has 3 aromatic carbocycles. The zero-order valence-electron chi connectivity index (χ0n) is 17.2. The summed E-state index contributed by atoms with van der Waals surface area (Å²) in [7, 11) is 0. The SMILES string of the molecule is CCc1ccc(NC(=O)C(=O)N/N=C\c2ccc(OC(=O)c3ccc(Br)cc3)cc2)cc1. The smallest absolute Gasteiger partial charge is 0.343 e. The van der Waals surface area contributed by atoms with E-state index in [0.717, 1.165) is 16.5 Å². The molecular weight excluding hydrogens is 474 g/mol. The van der Waals surface area contributed by atoms with Crippen molar-refractivity contribution >= 4 is 45.6 Å². The van der Waals surface area contributed by atoms with Crippen LogP contribution in [0.1, 0.15) is 28.4 Å². The summed E-state index contributed by atoms with van der Waals surface area (Å²) in [5.74, 6) is -1.81. The first-order valence-corrected chi connectivity index (χ1v) is 10.5. The van der Waals surface area contributed by atoms with Gasteiger partial charge in [-0.25, -0.2) is 10.2 Å². The van der Waals surface area contributed by atoms with Gasteiger partial charge in [0.25, 0.3) is 0 Å².